The molecule has 0 radical (unpaired) electrons. The van der Waals surface area contributed by atoms with E-state index >= 15 is 0 Å². The minimum absolute atomic E-state index is 0.164. The molecule has 2 rings (SSSR count). The van der Waals surface area contributed by atoms with Gasteiger partial charge in [-0.2, -0.15) is 12.6 Å². The molecule has 1 aromatic carbocycles. The number of hydrogen-bond acceptors (Lipinski definition) is 7. The third kappa shape index (κ3) is 7.71. The number of thiol groups is 1. The van der Waals surface area contributed by atoms with Gasteiger partial charge in [0.2, 0.25) is 17.7 Å². The third-order valence-electron chi connectivity index (χ3n) is 5.51. The highest BCUT2D eigenvalue weighted by molar-refractivity contribution is 7.80. The second-order valence-electron chi connectivity index (χ2n) is 8.64. The first-order chi connectivity index (χ1) is 16.9. The van der Waals surface area contributed by atoms with Crippen LogP contribution in [0, 0.1) is 5.92 Å². The summed E-state index contributed by atoms with van der Waals surface area (Å²) < 4.78 is 0. The van der Waals surface area contributed by atoms with E-state index in [1.54, 1.807) is 20.0 Å². The van der Waals surface area contributed by atoms with Crippen molar-refractivity contribution >= 4 is 53.2 Å². The highest BCUT2D eigenvalue weighted by Crippen LogP contribution is 2.18. The number of para-hydroxylation sites is 1. The number of nitrogens with two attached hydrogens (primary N) is 1. The van der Waals surface area contributed by atoms with Crippen LogP contribution in [-0.4, -0.2) is 74.8 Å². The maximum Gasteiger partial charge on any atom is 0.326 e. The molecule has 3 amide bonds. The van der Waals surface area contributed by atoms with Crippen molar-refractivity contribution in [1.82, 2.24) is 20.9 Å². The van der Waals surface area contributed by atoms with Crippen LogP contribution in [0.25, 0.3) is 10.9 Å². The van der Waals surface area contributed by atoms with Crippen LogP contribution in [0.1, 0.15) is 25.8 Å². The Morgan fingerprint density at radius 1 is 0.972 bits per heavy atom. The van der Waals surface area contributed by atoms with Crippen LogP contribution in [0.15, 0.2) is 30.5 Å². The number of aromatic nitrogens is 1. The number of carboxylic acid groups (broad SMARTS) is 2. The van der Waals surface area contributed by atoms with Crippen LogP contribution >= 0.6 is 12.6 Å². The van der Waals surface area contributed by atoms with Crippen LogP contribution in [0.5, 0.6) is 0 Å². The maximum absolute atomic E-state index is 12.8. The molecule has 0 fully saturated rings. The number of hydrogen-bond donors (Lipinski definition) is 8. The Bertz CT molecular complexity index is 1120. The molecule has 0 spiro atoms. The van der Waals surface area contributed by atoms with Crippen molar-refractivity contribution in [3.8, 4) is 0 Å². The summed E-state index contributed by atoms with van der Waals surface area (Å²) in [7, 11) is 0. The number of H-pyrrole nitrogens is 1. The van der Waals surface area contributed by atoms with E-state index < -0.39 is 66.2 Å². The molecule has 0 aliphatic heterocycles. The van der Waals surface area contributed by atoms with E-state index in [0.717, 1.165) is 16.5 Å². The maximum atomic E-state index is 12.8. The summed E-state index contributed by atoms with van der Waals surface area (Å²) in [6.45, 7) is 3.13. The van der Waals surface area contributed by atoms with Crippen LogP contribution in [-0.2, 0) is 30.4 Å². The molecule has 0 saturated heterocycles. The summed E-state index contributed by atoms with van der Waals surface area (Å²) in [5, 5.41) is 26.3. The summed E-state index contributed by atoms with van der Waals surface area (Å²) >= 11 is 4.07. The summed E-state index contributed by atoms with van der Waals surface area (Å²) in [6, 6.07) is 2.42. The topological polar surface area (TPSA) is 204 Å². The molecule has 4 unspecified atom stereocenters. The molecule has 1 heterocycles. The number of benzene rings is 1. The fourth-order valence-electron chi connectivity index (χ4n) is 3.53. The van der Waals surface area contributed by atoms with Gasteiger partial charge in [-0.05, 0) is 24.0 Å². The number of fused-ring (bicyclic) bond motifs is 1. The van der Waals surface area contributed by atoms with E-state index in [-0.39, 0.29) is 12.2 Å². The van der Waals surface area contributed by atoms with Crippen molar-refractivity contribution in [3.63, 3.8) is 0 Å². The van der Waals surface area contributed by atoms with Gasteiger partial charge in [-0.3, -0.25) is 19.2 Å². The van der Waals surface area contributed by atoms with E-state index in [4.69, 9.17) is 10.8 Å². The Kier molecular flexibility index (Phi) is 10.3. The Balaban J connectivity index is 2.05. The van der Waals surface area contributed by atoms with Crippen LogP contribution in [0.4, 0.5) is 0 Å². The number of carbonyl (C=O) groups excluding carboxylic acids is 3. The second-order valence-corrected chi connectivity index (χ2v) is 9.01. The Labute approximate surface area is 212 Å². The zero-order chi connectivity index (χ0) is 27.0. The van der Waals surface area contributed by atoms with Gasteiger partial charge in [0.25, 0.3) is 0 Å². The SMILES string of the molecule is CC(C)C(NC(=O)C(CC(=O)O)NC(=O)C(CS)NC(=O)C(N)Cc1c[nH]c2ccccc12)C(=O)O. The molecular weight excluding hydrogens is 490 g/mol. The molecule has 2 aromatic rings. The molecule has 36 heavy (non-hydrogen) atoms. The predicted octanol–water partition coefficient (Wildman–Crippen LogP) is -0.363. The van der Waals surface area contributed by atoms with Gasteiger partial charge in [0.15, 0.2) is 0 Å². The van der Waals surface area contributed by atoms with Gasteiger partial charge in [-0.1, -0.05) is 32.0 Å². The van der Waals surface area contributed by atoms with Gasteiger partial charge in [-0.25, -0.2) is 4.79 Å². The predicted molar refractivity (Wildman–Crippen MR) is 134 cm³/mol. The summed E-state index contributed by atoms with van der Waals surface area (Å²) in [4.78, 5) is 63.7. The quantitative estimate of drug-likeness (QED) is 0.163. The van der Waals surface area contributed by atoms with E-state index in [1.165, 1.54) is 0 Å². The zero-order valence-corrected chi connectivity index (χ0v) is 20.7. The van der Waals surface area contributed by atoms with E-state index in [2.05, 4.69) is 33.6 Å². The number of rotatable bonds is 13. The fraction of sp³-hybridized carbons (Fsp3) is 0.435. The summed E-state index contributed by atoms with van der Waals surface area (Å²) in [5.41, 5.74) is 7.75. The number of carbonyl (C=O) groups is 5. The van der Waals surface area contributed by atoms with Crippen molar-refractivity contribution in [2.75, 3.05) is 5.75 Å². The fourth-order valence-corrected chi connectivity index (χ4v) is 3.78. The first-order valence-electron chi connectivity index (χ1n) is 11.2. The molecule has 4 atom stereocenters. The molecule has 12 nitrogen and oxygen atoms in total. The Hall–Kier alpha value is -3.58. The lowest BCUT2D eigenvalue weighted by Gasteiger charge is -2.24. The van der Waals surface area contributed by atoms with Crippen molar-refractivity contribution in [2.45, 2.75) is 50.9 Å². The second kappa shape index (κ2) is 12.9. The first-order valence-corrected chi connectivity index (χ1v) is 11.8. The van der Waals surface area contributed by atoms with Gasteiger partial charge in [-0.15, -0.1) is 0 Å². The Morgan fingerprint density at radius 2 is 1.58 bits per heavy atom. The van der Waals surface area contributed by atoms with Crippen LogP contribution in [0.2, 0.25) is 0 Å². The van der Waals surface area contributed by atoms with Crippen molar-refractivity contribution in [2.24, 2.45) is 11.7 Å². The summed E-state index contributed by atoms with van der Waals surface area (Å²) in [5.74, 6) is -5.83. The molecule has 0 aliphatic rings. The highest BCUT2D eigenvalue weighted by atomic mass is 32.1. The van der Waals surface area contributed by atoms with E-state index in [1.807, 2.05) is 24.3 Å². The monoisotopic (exact) mass is 521 g/mol. The standard InChI is InChI=1S/C23H31N5O7S/c1-11(2)19(23(34)35)28-21(32)16(8-18(29)30)26-22(33)17(10-36)27-20(31)14(24)7-12-9-25-15-6-4-3-5-13(12)15/h3-6,9,11,14,16-17,19,25,36H,7-8,10,24H2,1-2H3,(H,26,33)(H,27,31)(H,28,32)(H,29,30)(H,34,35). The largest absolute Gasteiger partial charge is 0.481 e. The lowest BCUT2D eigenvalue weighted by Crippen LogP contribution is -2.58. The number of aromatic amines is 1. The van der Waals surface area contributed by atoms with Crippen molar-refractivity contribution in [3.05, 3.63) is 36.0 Å². The van der Waals surface area contributed by atoms with Crippen LogP contribution in [0.3, 0.4) is 0 Å². The number of amides is 3. The third-order valence-corrected chi connectivity index (χ3v) is 5.87. The smallest absolute Gasteiger partial charge is 0.326 e. The summed E-state index contributed by atoms with van der Waals surface area (Å²) in [6.07, 6.45) is 1.14. The molecule has 0 saturated carbocycles. The molecular formula is C23H31N5O7S. The highest BCUT2D eigenvalue weighted by Gasteiger charge is 2.32. The van der Waals surface area contributed by atoms with E-state index in [0.29, 0.717) is 0 Å². The van der Waals surface area contributed by atoms with Gasteiger partial charge in [0.05, 0.1) is 12.5 Å². The molecule has 1 aromatic heterocycles. The number of carboxylic acids is 2. The van der Waals surface area contributed by atoms with Gasteiger partial charge < -0.3 is 36.9 Å². The number of nitrogens with one attached hydrogen (secondary N) is 4. The van der Waals surface area contributed by atoms with Crippen molar-refractivity contribution in [1.29, 1.82) is 0 Å². The zero-order valence-electron chi connectivity index (χ0n) is 19.9. The first kappa shape index (κ1) is 28.7. The minimum Gasteiger partial charge on any atom is -0.481 e. The Morgan fingerprint density at radius 3 is 2.17 bits per heavy atom. The molecule has 13 heteroatoms. The molecule has 0 bridgehead atoms. The molecule has 8 N–H and O–H groups in total. The average molecular weight is 522 g/mol. The lowest BCUT2D eigenvalue weighted by molar-refractivity contribution is -0.144. The normalized spacial score (nSPS) is 14.5. The van der Waals surface area contributed by atoms with Crippen molar-refractivity contribution < 1.29 is 34.2 Å². The molecule has 196 valence electrons. The number of aliphatic carboxylic acids is 2. The van der Waals surface area contributed by atoms with Gasteiger partial charge in [0.1, 0.15) is 18.1 Å². The van der Waals surface area contributed by atoms with Gasteiger partial charge >= 0.3 is 11.9 Å². The minimum atomic E-state index is -1.57. The van der Waals surface area contributed by atoms with E-state index in [9.17, 15) is 29.1 Å². The lowest BCUT2D eigenvalue weighted by atomic mass is 10.0. The van der Waals surface area contributed by atoms with Gasteiger partial charge in [0, 0.05) is 22.9 Å². The molecule has 0 aliphatic carbocycles. The average Bonchev–Trinajstić information content (AvgIpc) is 3.22. The van der Waals surface area contributed by atoms with Crippen LogP contribution < -0.4 is 21.7 Å².